The van der Waals surface area contributed by atoms with Gasteiger partial charge in [0.15, 0.2) is 0 Å². The van der Waals surface area contributed by atoms with Gasteiger partial charge < -0.3 is 10.6 Å². The Morgan fingerprint density at radius 2 is 2.40 bits per heavy atom. The third-order valence-corrected chi connectivity index (χ3v) is 5.17. The van der Waals surface area contributed by atoms with Crippen LogP contribution in [0.1, 0.15) is 32.6 Å². The number of hydrogen-bond donors (Lipinski definition) is 2. The monoisotopic (exact) mass is 228 g/mol. The van der Waals surface area contributed by atoms with Crippen molar-refractivity contribution in [1.29, 1.82) is 0 Å². The molecule has 15 heavy (non-hydrogen) atoms. The summed E-state index contributed by atoms with van der Waals surface area (Å²) in [7, 11) is 0. The van der Waals surface area contributed by atoms with E-state index >= 15 is 0 Å². The number of thioether (sulfide) groups is 1. The Bertz CT molecular complexity index is 184. The van der Waals surface area contributed by atoms with Gasteiger partial charge in [-0.25, -0.2) is 0 Å². The molecule has 0 radical (unpaired) electrons. The summed E-state index contributed by atoms with van der Waals surface area (Å²) in [5, 5.41) is 7.15. The van der Waals surface area contributed by atoms with Gasteiger partial charge in [0.2, 0.25) is 0 Å². The molecule has 0 aromatic rings. The molecular formula is C12H24N2S. The normalized spacial score (nSPS) is 37.0. The topological polar surface area (TPSA) is 24.1 Å². The molecule has 2 heterocycles. The molecule has 88 valence electrons. The highest BCUT2D eigenvalue weighted by Gasteiger charge is 2.29. The number of piperidine rings is 1. The van der Waals surface area contributed by atoms with Crippen molar-refractivity contribution in [1.82, 2.24) is 10.6 Å². The van der Waals surface area contributed by atoms with Crippen molar-refractivity contribution >= 4 is 11.8 Å². The smallest absolute Gasteiger partial charge is 0.0256 e. The molecule has 2 unspecified atom stereocenters. The van der Waals surface area contributed by atoms with E-state index in [1.807, 2.05) is 0 Å². The van der Waals surface area contributed by atoms with Crippen LogP contribution in [-0.2, 0) is 0 Å². The molecule has 2 aliphatic rings. The maximum Gasteiger partial charge on any atom is 0.0256 e. The summed E-state index contributed by atoms with van der Waals surface area (Å²) in [5.41, 5.74) is 0. The van der Waals surface area contributed by atoms with E-state index in [-0.39, 0.29) is 0 Å². The van der Waals surface area contributed by atoms with Crippen LogP contribution in [-0.4, -0.2) is 36.7 Å². The van der Waals surface area contributed by atoms with Gasteiger partial charge in [-0.15, -0.1) is 0 Å². The average Bonchev–Trinajstić information content (AvgIpc) is 2.67. The van der Waals surface area contributed by atoms with Crippen LogP contribution < -0.4 is 10.6 Å². The van der Waals surface area contributed by atoms with Crippen LogP contribution in [0.15, 0.2) is 0 Å². The van der Waals surface area contributed by atoms with E-state index in [0.717, 1.165) is 5.92 Å². The van der Waals surface area contributed by atoms with Crippen molar-refractivity contribution in [2.45, 2.75) is 37.4 Å². The minimum Gasteiger partial charge on any atom is -0.316 e. The van der Waals surface area contributed by atoms with Crippen LogP contribution in [0.2, 0.25) is 0 Å². The summed E-state index contributed by atoms with van der Waals surface area (Å²) in [4.78, 5) is 0. The SMILES string of the molecule is CC1(CNCC2CCCNC2)CCCS1. The minimum atomic E-state index is 0.530. The number of hydrogen-bond acceptors (Lipinski definition) is 3. The van der Waals surface area contributed by atoms with E-state index in [2.05, 4.69) is 29.3 Å². The molecule has 0 bridgehead atoms. The van der Waals surface area contributed by atoms with Crippen LogP contribution >= 0.6 is 11.8 Å². The molecule has 2 N–H and O–H groups in total. The molecule has 0 aromatic heterocycles. The molecule has 2 saturated heterocycles. The predicted molar refractivity (Wildman–Crippen MR) is 68.6 cm³/mol. The van der Waals surface area contributed by atoms with Crippen molar-refractivity contribution in [3.63, 3.8) is 0 Å². The van der Waals surface area contributed by atoms with E-state index in [9.17, 15) is 0 Å². The van der Waals surface area contributed by atoms with Gasteiger partial charge in [-0.2, -0.15) is 11.8 Å². The van der Waals surface area contributed by atoms with Gasteiger partial charge in [0.05, 0.1) is 0 Å². The number of nitrogens with one attached hydrogen (secondary N) is 2. The van der Waals surface area contributed by atoms with Gasteiger partial charge >= 0.3 is 0 Å². The number of rotatable bonds is 4. The second kappa shape index (κ2) is 5.55. The lowest BCUT2D eigenvalue weighted by molar-refractivity contribution is 0.354. The zero-order valence-electron chi connectivity index (χ0n) is 9.85. The Labute approximate surface area is 98.0 Å². The highest BCUT2D eigenvalue weighted by molar-refractivity contribution is 8.00. The molecule has 2 fully saturated rings. The first kappa shape index (κ1) is 11.7. The van der Waals surface area contributed by atoms with Crippen LogP contribution in [0.4, 0.5) is 0 Å². The molecule has 2 nitrogen and oxygen atoms in total. The molecule has 2 aliphatic heterocycles. The van der Waals surface area contributed by atoms with Crippen molar-refractivity contribution < 1.29 is 0 Å². The van der Waals surface area contributed by atoms with Gasteiger partial charge in [0.1, 0.15) is 0 Å². The third-order valence-electron chi connectivity index (χ3n) is 3.63. The largest absolute Gasteiger partial charge is 0.316 e. The predicted octanol–water partition coefficient (Wildman–Crippen LogP) is 1.86. The molecule has 0 saturated carbocycles. The minimum absolute atomic E-state index is 0.530. The maximum absolute atomic E-state index is 3.68. The van der Waals surface area contributed by atoms with E-state index in [4.69, 9.17) is 0 Å². The summed E-state index contributed by atoms with van der Waals surface area (Å²) in [6.07, 6.45) is 5.57. The molecule has 2 rings (SSSR count). The quantitative estimate of drug-likeness (QED) is 0.768. The van der Waals surface area contributed by atoms with E-state index < -0.39 is 0 Å². The first-order valence-corrected chi connectivity index (χ1v) is 7.32. The lowest BCUT2D eigenvalue weighted by atomic mass is 9.99. The van der Waals surface area contributed by atoms with Gasteiger partial charge in [-0.1, -0.05) is 0 Å². The van der Waals surface area contributed by atoms with Crippen LogP contribution in [0.25, 0.3) is 0 Å². The van der Waals surface area contributed by atoms with Crippen molar-refractivity contribution in [2.75, 3.05) is 31.9 Å². The molecule has 0 aliphatic carbocycles. The summed E-state index contributed by atoms with van der Waals surface area (Å²) < 4.78 is 0.530. The van der Waals surface area contributed by atoms with Crippen molar-refractivity contribution in [2.24, 2.45) is 5.92 Å². The van der Waals surface area contributed by atoms with Crippen molar-refractivity contribution in [3.05, 3.63) is 0 Å². The van der Waals surface area contributed by atoms with Gasteiger partial charge in [0.25, 0.3) is 0 Å². The third kappa shape index (κ3) is 3.65. The Morgan fingerprint density at radius 3 is 3.07 bits per heavy atom. The maximum atomic E-state index is 3.68. The van der Waals surface area contributed by atoms with Crippen molar-refractivity contribution in [3.8, 4) is 0 Å². The molecule has 0 spiro atoms. The highest BCUT2D eigenvalue weighted by Crippen LogP contribution is 2.36. The standard InChI is InChI=1S/C12H24N2S/c1-12(5-3-7-15-12)10-14-9-11-4-2-6-13-8-11/h11,13-14H,2-10H2,1H3. The fourth-order valence-corrected chi connectivity index (χ4v) is 3.89. The molecular weight excluding hydrogens is 204 g/mol. The Kier molecular flexibility index (Phi) is 4.35. The van der Waals surface area contributed by atoms with Crippen LogP contribution in [0.3, 0.4) is 0 Å². The van der Waals surface area contributed by atoms with Gasteiger partial charge in [0, 0.05) is 11.3 Å². The highest BCUT2D eigenvalue weighted by atomic mass is 32.2. The fourth-order valence-electron chi connectivity index (χ4n) is 2.62. The van der Waals surface area contributed by atoms with E-state index in [1.54, 1.807) is 0 Å². The molecule has 0 aromatic carbocycles. The molecule has 2 atom stereocenters. The Balaban J connectivity index is 1.61. The van der Waals surface area contributed by atoms with E-state index in [1.165, 1.54) is 57.6 Å². The van der Waals surface area contributed by atoms with Crippen LogP contribution in [0, 0.1) is 5.92 Å². The second-order valence-electron chi connectivity index (χ2n) is 5.25. The van der Waals surface area contributed by atoms with Gasteiger partial charge in [-0.05, 0) is 63.9 Å². The molecule has 3 heteroatoms. The lowest BCUT2D eigenvalue weighted by Gasteiger charge is -2.27. The summed E-state index contributed by atoms with van der Waals surface area (Å²) in [6, 6.07) is 0. The zero-order chi connectivity index (χ0) is 10.6. The summed E-state index contributed by atoms with van der Waals surface area (Å²) in [6.45, 7) is 7.27. The Hall–Kier alpha value is 0.270. The van der Waals surface area contributed by atoms with Gasteiger partial charge in [-0.3, -0.25) is 0 Å². The summed E-state index contributed by atoms with van der Waals surface area (Å²) in [5.74, 6) is 2.23. The first-order chi connectivity index (χ1) is 7.29. The average molecular weight is 228 g/mol. The second-order valence-corrected chi connectivity index (χ2v) is 6.93. The molecule has 0 amide bonds. The van der Waals surface area contributed by atoms with Crippen LogP contribution in [0.5, 0.6) is 0 Å². The Morgan fingerprint density at radius 1 is 1.47 bits per heavy atom. The summed E-state index contributed by atoms with van der Waals surface area (Å²) >= 11 is 2.15. The zero-order valence-corrected chi connectivity index (χ0v) is 10.7. The van der Waals surface area contributed by atoms with E-state index in [0.29, 0.717) is 4.75 Å². The lowest BCUT2D eigenvalue weighted by Crippen LogP contribution is -2.40. The fraction of sp³-hybridized carbons (Fsp3) is 1.00. The first-order valence-electron chi connectivity index (χ1n) is 6.34.